The number of anilines is 1. The third-order valence-corrected chi connectivity index (χ3v) is 6.18. The molecule has 2 aliphatic rings. The summed E-state index contributed by atoms with van der Waals surface area (Å²) in [6.45, 7) is 9.65. The first-order chi connectivity index (χ1) is 14.5. The fourth-order valence-electron chi connectivity index (χ4n) is 4.11. The molecule has 2 fully saturated rings. The fourth-order valence-corrected chi connectivity index (χ4v) is 4.11. The first kappa shape index (κ1) is 22.5. The van der Waals surface area contributed by atoms with E-state index in [1.807, 2.05) is 13.1 Å². The minimum absolute atomic E-state index is 0.354. The van der Waals surface area contributed by atoms with Crippen LogP contribution in [-0.4, -0.2) is 102 Å². The Balaban J connectivity index is 1.49. The van der Waals surface area contributed by atoms with E-state index in [1.165, 1.54) is 0 Å². The zero-order valence-electron chi connectivity index (χ0n) is 19.1. The van der Waals surface area contributed by atoms with Crippen molar-refractivity contribution in [3.05, 3.63) is 18.2 Å². The lowest BCUT2D eigenvalue weighted by Gasteiger charge is -2.36. The van der Waals surface area contributed by atoms with Gasteiger partial charge in [0.1, 0.15) is 11.5 Å². The van der Waals surface area contributed by atoms with Gasteiger partial charge in [-0.05, 0) is 20.4 Å². The number of rotatable bonds is 7. The van der Waals surface area contributed by atoms with Gasteiger partial charge in [0.05, 0.1) is 14.2 Å². The third-order valence-electron chi connectivity index (χ3n) is 6.18. The Morgan fingerprint density at radius 2 is 1.77 bits per heavy atom. The molecular weight excluding hydrogens is 380 g/mol. The Bertz CT molecular complexity index is 683. The van der Waals surface area contributed by atoms with Gasteiger partial charge in [0.2, 0.25) is 0 Å². The highest BCUT2D eigenvalue weighted by atomic mass is 16.5. The van der Waals surface area contributed by atoms with E-state index in [2.05, 4.69) is 56.4 Å². The molecule has 0 bridgehead atoms. The minimum Gasteiger partial charge on any atom is -0.497 e. The van der Waals surface area contributed by atoms with Gasteiger partial charge < -0.3 is 29.9 Å². The second kappa shape index (κ2) is 10.7. The van der Waals surface area contributed by atoms with Crippen LogP contribution in [0.5, 0.6) is 11.5 Å². The van der Waals surface area contributed by atoms with Crippen LogP contribution in [0.4, 0.5) is 5.69 Å². The van der Waals surface area contributed by atoms with Gasteiger partial charge in [-0.3, -0.25) is 9.89 Å². The van der Waals surface area contributed by atoms with Crippen LogP contribution >= 0.6 is 0 Å². The molecule has 1 aromatic carbocycles. The van der Waals surface area contributed by atoms with E-state index < -0.39 is 0 Å². The first-order valence-corrected chi connectivity index (χ1v) is 10.9. The first-order valence-electron chi connectivity index (χ1n) is 10.9. The van der Waals surface area contributed by atoms with Gasteiger partial charge in [-0.25, -0.2) is 0 Å². The Hall–Kier alpha value is -2.19. The number of hydrogen-bond donors (Lipinski definition) is 2. The fraction of sp³-hybridized carbons (Fsp3) is 0.682. The van der Waals surface area contributed by atoms with Crippen LogP contribution in [0, 0.1) is 0 Å². The van der Waals surface area contributed by atoms with Crippen molar-refractivity contribution in [2.24, 2.45) is 4.99 Å². The van der Waals surface area contributed by atoms with Gasteiger partial charge in [-0.2, -0.15) is 0 Å². The molecule has 0 aliphatic carbocycles. The third kappa shape index (κ3) is 5.92. The Labute approximate surface area is 181 Å². The van der Waals surface area contributed by atoms with Crippen LogP contribution in [0.25, 0.3) is 0 Å². The molecule has 2 unspecified atom stereocenters. The molecule has 2 heterocycles. The Kier molecular flexibility index (Phi) is 8.04. The van der Waals surface area contributed by atoms with Gasteiger partial charge in [-0.1, -0.05) is 0 Å². The summed E-state index contributed by atoms with van der Waals surface area (Å²) in [5.74, 6) is 2.51. The predicted octanol–water partition coefficient (Wildman–Crippen LogP) is 1.08. The summed E-state index contributed by atoms with van der Waals surface area (Å²) in [6, 6.07) is 6.88. The maximum Gasteiger partial charge on any atom is 0.191 e. The van der Waals surface area contributed by atoms with Crippen molar-refractivity contribution in [1.29, 1.82) is 0 Å². The van der Waals surface area contributed by atoms with Crippen LogP contribution in [0.1, 0.15) is 13.3 Å². The second-order valence-corrected chi connectivity index (χ2v) is 8.29. The summed E-state index contributed by atoms with van der Waals surface area (Å²) in [5.41, 5.74) is 1.13. The lowest BCUT2D eigenvalue weighted by molar-refractivity contribution is 0.120. The molecular formula is C22H38N6O2. The maximum atomic E-state index is 5.42. The van der Waals surface area contributed by atoms with Crippen LogP contribution in [-0.2, 0) is 0 Å². The molecule has 168 valence electrons. The topological polar surface area (TPSA) is 64.6 Å². The largest absolute Gasteiger partial charge is 0.497 e. The van der Waals surface area contributed by atoms with Crippen molar-refractivity contribution in [2.75, 3.05) is 79.0 Å². The average Bonchev–Trinajstić information content (AvgIpc) is 3.25. The summed E-state index contributed by atoms with van der Waals surface area (Å²) in [7, 11) is 7.41. The van der Waals surface area contributed by atoms with Crippen molar-refractivity contribution in [2.45, 2.75) is 25.4 Å². The molecule has 2 aliphatic heterocycles. The zero-order chi connectivity index (χ0) is 21.5. The van der Waals surface area contributed by atoms with Crippen molar-refractivity contribution >= 4 is 11.6 Å². The van der Waals surface area contributed by atoms with Gasteiger partial charge in [0.15, 0.2) is 5.96 Å². The summed E-state index contributed by atoms with van der Waals surface area (Å²) in [5, 5.41) is 7.12. The molecule has 8 heteroatoms. The van der Waals surface area contributed by atoms with Crippen molar-refractivity contribution in [3.8, 4) is 11.5 Å². The molecule has 0 amide bonds. The molecule has 2 saturated heterocycles. The number of guanidine groups is 1. The summed E-state index contributed by atoms with van der Waals surface area (Å²) in [6.07, 6.45) is 1.06. The van der Waals surface area contributed by atoms with Crippen molar-refractivity contribution in [1.82, 2.24) is 20.4 Å². The standard InChI is InChI=1S/C22H38N6O2/c1-17(27-10-8-26(3)9-11-27)15-24-22(23-2)25-18-6-7-28(16-18)19-12-20(29-4)14-21(13-19)30-5/h12-14,17-18H,6-11,15-16H2,1-5H3,(H2,23,24,25). The second-order valence-electron chi connectivity index (χ2n) is 8.29. The number of methoxy groups -OCH3 is 2. The van der Waals surface area contributed by atoms with Gasteiger partial charge in [-0.15, -0.1) is 0 Å². The van der Waals surface area contributed by atoms with Gasteiger partial charge >= 0.3 is 0 Å². The number of hydrogen-bond acceptors (Lipinski definition) is 6. The Morgan fingerprint density at radius 3 is 2.37 bits per heavy atom. The monoisotopic (exact) mass is 418 g/mol. The Morgan fingerprint density at radius 1 is 1.10 bits per heavy atom. The van der Waals surface area contributed by atoms with E-state index in [9.17, 15) is 0 Å². The predicted molar refractivity (Wildman–Crippen MR) is 123 cm³/mol. The lowest BCUT2D eigenvalue weighted by Crippen LogP contribution is -2.53. The molecule has 0 radical (unpaired) electrons. The van der Waals surface area contributed by atoms with E-state index in [-0.39, 0.29) is 0 Å². The molecule has 2 N–H and O–H groups in total. The molecule has 0 aromatic heterocycles. The number of ether oxygens (including phenoxy) is 2. The van der Waals surface area contributed by atoms with Crippen LogP contribution < -0.4 is 25.0 Å². The highest BCUT2D eigenvalue weighted by Gasteiger charge is 2.25. The number of piperazine rings is 1. The molecule has 0 saturated carbocycles. The number of likely N-dealkylation sites (N-methyl/N-ethyl adjacent to an activating group) is 1. The number of benzene rings is 1. The van der Waals surface area contributed by atoms with E-state index in [0.29, 0.717) is 12.1 Å². The highest BCUT2D eigenvalue weighted by molar-refractivity contribution is 5.80. The minimum atomic E-state index is 0.354. The SMILES string of the molecule is CN=C(NCC(C)N1CCN(C)CC1)NC1CCN(c2cc(OC)cc(OC)c2)C1. The number of nitrogens with one attached hydrogen (secondary N) is 2. The highest BCUT2D eigenvalue weighted by Crippen LogP contribution is 2.30. The van der Waals surface area contributed by atoms with E-state index in [4.69, 9.17) is 9.47 Å². The molecule has 8 nitrogen and oxygen atoms in total. The molecule has 2 atom stereocenters. The molecule has 30 heavy (non-hydrogen) atoms. The number of nitrogens with zero attached hydrogens (tertiary/aromatic N) is 4. The van der Waals surface area contributed by atoms with E-state index in [0.717, 1.165) is 75.4 Å². The normalized spacial score (nSPS) is 22.1. The van der Waals surface area contributed by atoms with Crippen molar-refractivity contribution in [3.63, 3.8) is 0 Å². The molecule has 3 rings (SSSR count). The van der Waals surface area contributed by atoms with Gasteiger partial charge in [0.25, 0.3) is 0 Å². The van der Waals surface area contributed by atoms with E-state index in [1.54, 1.807) is 14.2 Å². The molecule has 1 aromatic rings. The zero-order valence-corrected chi connectivity index (χ0v) is 19.1. The van der Waals surface area contributed by atoms with Crippen LogP contribution in [0.2, 0.25) is 0 Å². The van der Waals surface area contributed by atoms with Crippen molar-refractivity contribution < 1.29 is 9.47 Å². The molecule has 0 spiro atoms. The lowest BCUT2D eigenvalue weighted by atomic mass is 10.2. The smallest absolute Gasteiger partial charge is 0.191 e. The maximum absolute atomic E-state index is 5.42. The van der Waals surface area contributed by atoms with Crippen LogP contribution in [0.15, 0.2) is 23.2 Å². The summed E-state index contributed by atoms with van der Waals surface area (Å²) < 4.78 is 10.8. The summed E-state index contributed by atoms with van der Waals surface area (Å²) in [4.78, 5) is 11.7. The van der Waals surface area contributed by atoms with Crippen LogP contribution in [0.3, 0.4) is 0 Å². The van der Waals surface area contributed by atoms with Gasteiger partial charge in [0, 0.05) is 88.8 Å². The number of aliphatic imine (C=N–C) groups is 1. The quantitative estimate of drug-likeness (QED) is 0.508. The van der Waals surface area contributed by atoms with E-state index >= 15 is 0 Å². The average molecular weight is 419 g/mol. The summed E-state index contributed by atoms with van der Waals surface area (Å²) >= 11 is 0.